The first-order valence-electron chi connectivity index (χ1n) is 53.2. The number of nitrogens with zero attached hydrogens (tertiary/aromatic N) is 8. The largest absolute Gasteiger partial charge is 0.493 e. The number of nitrogens with one attached hydrogen (secondary N) is 4. The zero-order valence-electron chi connectivity index (χ0n) is 90.1. The number of amides is 8. The van der Waals surface area contributed by atoms with Gasteiger partial charge in [-0.1, -0.05) is 139 Å². The van der Waals surface area contributed by atoms with E-state index in [4.69, 9.17) is 71.3 Å². The van der Waals surface area contributed by atoms with Gasteiger partial charge in [0, 0.05) is 107 Å². The van der Waals surface area contributed by atoms with E-state index >= 15 is 0 Å². The zero-order valence-corrected chi connectivity index (χ0v) is 90.1. The summed E-state index contributed by atoms with van der Waals surface area (Å²) < 4.78 is 36.2. The highest BCUT2D eigenvalue weighted by Crippen LogP contribution is 2.52. The van der Waals surface area contributed by atoms with Gasteiger partial charge in [0.1, 0.15) is 51.3 Å². The quantitative estimate of drug-likeness (QED) is 0.0359. The van der Waals surface area contributed by atoms with Gasteiger partial charge in [-0.2, -0.15) is 0 Å². The van der Waals surface area contributed by atoms with Crippen molar-refractivity contribution >= 4 is 71.1 Å². The number of guanidine groups is 4. The lowest BCUT2D eigenvalue weighted by molar-refractivity contribution is -0.133. The molecule has 11 atom stereocenters. The molecule has 14 N–H and O–H groups in total. The summed E-state index contributed by atoms with van der Waals surface area (Å²) in [5, 5.41) is 34.6. The fraction of sp³-hybridized carbons (Fsp3) is 0.492. The fourth-order valence-corrected chi connectivity index (χ4v) is 23.7. The SMILES string of the molecule is CC(C)[C@]1(C)CC(=O)N([C@@H]2CC(C)(C)Oc3ccc(C(=O)N[C@@H]4c5ccccc5CC4(C)O)cc32)C(N)=N1.CCC1(CC)CC(=O)N([C@@H]2CCOc3ccc(C(=O)N[C@@H]4CC(C)(C)Oc5ccc(C)cc54)cc32)C(N)=N1.CCC1(CC)CC(=O)N([C@@H]2CCOc3ccc(C(=O)N[C@@H]4c5ccccc5CC4(C)O)cc32)C(N)=N1.CCC1(CC)CC(=O)N([C@@H]2CCOc3ccc(C(=O)N[C@H]4CC(C)(C)Oc5ccc(C)cc54)cc32)C(N)=N1. The van der Waals surface area contributed by atoms with Crippen molar-refractivity contribution in [2.24, 2.45) is 48.8 Å². The maximum Gasteiger partial charge on any atom is 0.251 e. The van der Waals surface area contributed by atoms with Crippen molar-refractivity contribution in [2.45, 2.75) is 346 Å². The van der Waals surface area contributed by atoms with E-state index in [0.717, 1.165) is 117 Å². The van der Waals surface area contributed by atoms with Crippen LogP contribution in [0, 0.1) is 19.8 Å². The minimum Gasteiger partial charge on any atom is -0.493 e. The van der Waals surface area contributed by atoms with Crippen LogP contribution in [0.1, 0.15) is 377 Å². The molecule has 0 spiro atoms. The molecule has 32 nitrogen and oxygen atoms in total. The van der Waals surface area contributed by atoms with E-state index in [9.17, 15) is 48.6 Å². The van der Waals surface area contributed by atoms with Crippen LogP contribution in [0.3, 0.4) is 0 Å². The number of aryl methyl sites for hydroxylation is 2. The monoisotopic (exact) mass is 2050 g/mol. The third kappa shape index (κ3) is 21.5. The highest BCUT2D eigenvalue weighted by molar-refractivity contribution is 6.04. The van der Waals surface area contributed by atoms with Crippen LogP contribution in [0.2, 0.25) is 0 Å². The van der Waals surface area contributed by atoms with Gasteiger partial charge in [0.15, 0.2) is 23.8 Å². The lowest BCUT2D eigenvalue weighted by Gasteiger charge is -2.45. The maximum atomic E-state index is 13.6. The van der Waals surface area contributed by atoms with Gasteiger partial charge >= 0.3 is 0 Å². The number of ether oxygens (including phenoxy) is 6. The molecule has 0 saturated carbocycles. The molecule has 0 saturated heterocycles. The molecule has 2 unspecified atom stereocenters. The molecule has 0 aromatic heterocycles. The lowest BCUT2D eigenvalue weighted by Crippen LogP contribution is -2.55. The van der Waals surface area contributed by atoms with Crippen LogP contribution in [0.5, 0.6) is 34.5 Å². The number of hydrogen-bond donors (Lipinski definition) is 10. The van der Waals surface area contributed by atoms with E-state index in [1.807, 2.05) is 215 Å². The van der Waals surface area contributed by atoms with Crippen molar-refractivity contribution in [2.75, 3.05) is 19.8 Å². The van der Waals surface area contributed by atoms with Crippen LogP contribution in [0.4, 0.5) is 0 Å². The first kappa shape index (κ1) is 107. The summed E-state index contributed by atoms with van der Waals surface area (Å²) in [6.07, 6.45) is 10.2. The Morgan fingerprint density at radius 3 is 0.967 bits per heavy atom. The van der Waals surface area contributed by atoms with Gasteiger partial charge in [0.05, 0.1) is 127 Å². The summed E-state index contributed by atoms with van der Waals surface area (Å²) in [6.45, 7) is 39.2. The first-order valence-corrected chi connectivity index (χ1v) is 53.2. The Balaban J connectivity index is 0.000000136. The molecule has 10 aliphatic heterocycles. The van der Waals surface area contributed by atoms with Gasteiger partial charge in [-0.05, 0) is 228 Å². The molecule has 12 aliphatic rings. The normalized spacial score (nSPS) is 25.7. The standard InChI is InChI=1S/3C30H38N4O4.C28H34N4O4/c1-17(2)29(5)16-24(35)34(27(31)33-29)22-15-28(3,4)38-23-12-11-18(13-21(22)23)26(36)32-25-20-10-8-7-9-19(20)14-30(25,6)37;2*1-6-30(7-2)17-26(35)34(28(31)33-30)23-12-13-37-24-11-9-19(15-21(23)24)27(36)32-22-16-29(4,5)38-25-10-8-18(3)14-20(22)25;1-4-28(5-2)16-23(33)32(26(29)31-28)21-12-13-36-22-11-10-17(14-20(21)22)25(34)30-24-19-9-7-6-8-18(19)15-27(24,3)35/h7-13,17,22,25,37H,14-16H2,1-6H3,(H2,31,33)(H,32,36);2*8-11,14-15,22-23H,6-7,12-13,16-17H2,1-5H3,(H2,31,33)(H,32,36);6-11,14,21,24,35H,4-5,12-13,15-16H2,1-3H3,(H2,29,31)(H,30,34)/t22-,25-,29+,30?;22-,23+;22-,23-;21-,24-,27?/m1011/s1. The number of nitrogens with two attached hydrogens (primary N) is 4. The van der Waals surface area contributed by atoms with E-state index < -0.39 is 68.3 Å². The zero-order chi connectivity index (χ0) is 108. The molecule has 796 valence electrons. The molecule has 2 aliphatic carbocycles. The average molecular weight is 2050 g/mol. The van der Waals surface area contributed by atoms with E-state index in [1.54, 1.807) is 82.0 Å². The summed E-state index contributed by atoms with van der Waals surface area (Å²) in [5.74, 6) is 4.02. The molecule has 10 heterocycles. The van der Waals surface area contributed by atoms with Crippen LogP contribution in [-0.2, 0) is 32.0 Å². The van der Waals surface area contributed by atoms with E-state index in [0.29, 0.717) is 136 Å². The number of rotatable bonds is 19. The maximum absolute atomic E-state index is 13.6. The number of hydrogen-bond acceptors (Lipinski definition) is 24. The van der Waals surface area contributed by atoms with Gasteiger partial charge in [0.25, 0.3) is 23.6 Å². The van der Waals surface area contributed by atoms with Crippen molar-refractivity contribution in [3.05, 3.63) is 247 Å². The Morgan fingerprint density at radius 2 is 0.640 bits per heavy atom. The Labute approximate surface area is 879 Å². The Bertz CT molecular complexity index is 6540. The van der Waals surface area contributed by atoms with Crippen LogP contribution in [0.25, 0.3) is 0 Å². The first-order chi connectivity index (χ1) is 71.0. The van der Waals surface area contributed by atoms with E-state index in [-0.39, 0.29) is 114 Å². The summed E-state index contributed by atoms with van der Waals surface area (Å²) in [5.41, 5.74) is 33.1. The second-order valence-corrected chi connectivity index (χ2v) is 45.5. The second-order valence-electron chi connectivity index (χ2n) is 45.5. The fourth-order valence-electron chi connectivity index (χ4n) is 23.7. The summed E-state index contributed by atoms with van der Waals surface area (Å²) in [4.78, 5) is 133. The van der Waals surface area contributed by atoms with Crippen molar-refractivity contribution in [3.63, 3.8) is 0 Å². The summed E-state index contributed by atoms with van der Waals surface area (Å²) in [6, 6.07) is 46.1. The van der Waals surface area contributed by atoms with Crippen molar-refractivity contribution < 1.29 is 77.0 Å². The van der Waals surface area contributed by atoms with Crippen LogP contribution < -0.4 is 72.6 Å². The molecule has 150 heavy (non-hydrogen) atoms. The number of fused-ring (bicyclic) bond motifs is 8. The minimum absolute atomic E-state index is 0.0367. The van der Waals surface area contributed by atoms with Gasteiger partial charge < -0.3 is 82.8 Å². The molecule has 8 amide bonds. The van der Waals surface area contributed by atoms with Crippen LogP contribution >= 0.6 is 0 Å². The topological polar surface area (TPSA) is 447 Å². The third-order valence-corrected chi connectivity index (χ3v) is 32.9. The second kappa shape index (κ2) is 41.5. The summed E-state index contributed by atoms with van der Waals surface area (Å²) in [7, 11) is 0. The molecular weight excluding hydrogens is 1900 g/mol. The van der Waals surface area contributed by atoms with Crippen LogP contribution in [-0.4, -0.2) is 171 Å². The lowest BCUT2D eigenvalue weighted by atomic mass is 9.82. The van der Waals surface area contributed by atoms with Gasteiger partial charge in [-0.15, -0.1) is 0 Å². The number of carbonyl (C=O) groups excluding carboxylic acids is 8. The van der Waals surface area contributed by atoms with Gasteiger partial charge in [-0.3, -0.25) is 58.0 Å². The minimum atomic E-state index is -1.10. The Hall–Kier alpha value is -13.9. The molecule has 0 radical (unpaired) electrons. The third-order valence-electron chi connectivity index (χ3n) is 32.9. The van der Waals surface area contributed by atoms with Crippen molar-refractivity contribution in [1.82, 2.24) is 40.9 Å². The highest BCUT2D eigenvalue weighted by atomic mass is 16.5. The van der Waals surface area contributed by atoms with Gasteiger partial charge in [0.2, 0.25) is 23.6 Å². The summed E-state index contributed by atoms with van der Waals surface area (Å²) >= 11 is 0. The Morgan fingerprint density at radius 1 is 0.353 bits per heavy atom. The molecule has 0 fully saturated rings. The number of benzene rings is 8. The molecule has 0 bridgehead atoms. The molecule has 20 rings (SSSR count). The number of aliphatic hydroxyl groups is 2. The van der Waals surface area contributed by atoms with Crippen LogP contribution in [0.15, 0.2) is 178 Å². The smallest absolute Gasteiger partial charge is 0.251 e. The Kier molecular flexibility index (Phi) is 29.7. The molecular formula is C118H148N16O16. The molecule has 8 aromatic rings. The average Bonchev–Trinajstić information content (AvgIpc) is 1.11. The number of carbonyl (C=O) groups is 8. The van der Waals surface area contributed by atoms with E-state index in [1.165, 1.54) is 0 Å². The molecule has 32 heteroatoms. The molecule has 8 aromatic carbocycles. The van der Waals surface area contributed by atoms with E-state index in [2.05, 4.69) is 33.4 Å². The predicted molar refractivity (Wildman–Crippen MR) is 575 cm³/mol. The van der Waals surface area contributed by atoms with Gasteiger partial charge in [-0.25, -0.2) is 20.0 Å². The van der Waals surface area contributed by atoms with Crippen molar-refractivity contribution in [3.8, 4) is 34.5 Å². The van der Waals surface area contributed by atoms with Crippen molar-refractivity contribution in [1.29, 1.82) is 0 Å². The predicted octanol–water partition coefficient (Wildman–Crippen LogP) is 17.3. The number of aliphatic imine (C=N–C) groups is 4. The highest BCUT2D eigenvalue weighted by Gasteiger charge is 2.52.